The molecule has 3 N–H and O–H groups in total. The van der Waals surface area contributed by atoms with E-state index in [9.17, 15) is 18.0 Å². The summed E-state index contributed by atoms with van der Waals surface area (Å²) in [7, 11) is -3.78. The first-order valence-corrected chi connectivity index (χ1v) is 7.40. The van der Waals surface area contributed by atoms with Gasteiger partial charge in [0.05, 0.1) is 17.9 Å². The molecule has 1 rings (SSSR count). The predicted molar refractivity (Wildman–Crippen MR) is 71.7 cm³/mol. The van der Waals surface area contributed by atoms with Crippen LogP contribution in [0.1, 0.15) is 12.5 Å². The molecule has 0 radical (unpaired) electrons. The van der Waals surface area contributed by atoms with Crippen molar-refractivity contribution in [1.82, 2.24) is 10.0 Å². The zero-order chi connectivity index (χ0) is 15.2. The molecule has 0 spiro atoms. The van der Waals surface area contributed by atoms with Crippen LogP contribution in [0.3, 0.4) is 0 Å². The number of hydrogen-bond donors (Lipinski definition) is 3. The van der Waals surface area contributed by atoms with Crippen LogP contribution in [-0.4, -0.2) is 38.5 Å². The van der Waals surface area contributed by atoms with Gasteiger partial charge in [-0.15, -0.1) is 0 Å². The normalized spacial score (nSPS) is 11.1. The summed E-state index contributed by atoms with van der Waals surface area (Å²) in [6, 6.07) is 5.46. The average Bonchev–Trinajstić information content (AvgIpc) is 2.37. The summed E-state index contributed by atoms with van der Waals surface area (Å²) in [5.74, 6) is -1.41. The van der Waals surface area contributed by atoms with Crippen molar-refractivity contribution < 1.29 is 23.1 Å². The number of carboxylic acid groups (broad SMARTS) is 1. The highest BCUT2D eigenvalue weighted by molar-refractivity contribution is 7.89. The number of rotatable bonds is 7. The standard InChI is InChI=1S/C12H16N2O5S/c1-2-13-11(15)8-14-20(18,19)10-5-3-9(4-6-10)7-12(16)17/h3-6,14H,2,7-8H2,1H3,(H,13,15)(H,16,17). The van der Waals surface area contributed by atoms with Crippen LogP contribution in [0, 0.1) is 0 Å². The van der Waals surface area contributed by atoms with Crippen LogP contribution in [-0.2, 0) is 26.0 Å². The lowest BCUT2D eigenvalue weighted by Gasteiger charge is -2.07. The zero-order valence-corrected chi connectivity index (χ0v) is 11.7. The molecule has 0 atom stereocenters. The van der Waals surface area contributed by atoms with Crippen LogP contribution in [0.5, 0.6) is 0 Å². The lowest BCUT2D eigenvalue weighted by atomic mass is 10.2. The molecule has 0 saturated heterocycles. The number of amides is 1. The first-order valence-electron chi connectivity index (χ1n) is 5.92. The summed E-state index contributed by atoms with van der Waals surface area (Å²) in [6.45, 7) is 1.81. The quantitative estimate of drug-likeness (QED) is 0.641. The van der Waals surface area contributed by atoms with Crippen molar-refractivity contribution in [2.75, 3.05) is 13.1 Å². The molecule has 0 heterocycles. The Labute approximate surface area is 117 Å². The summed E-state index contributed by atoms with van der Waals surface area (Å²) in [6.07, 6.45) is -0.174. The molecule has 1 amide bonds. The predicted octanol–water partition coefficient (Wildman–Crippen LogP) is -0.272. The second kappa shape index (κ2) is 7.01. The van der Waals surface area contributed by atoms with Gasteiger partial charge in [0.15, 0.2) is 0 Å². The molecule has 0 aliphatic rings. The van der Waals surface area contributed by atoms with Gasteiger partial charge in [-0.3, -0.25) is 9.59 Å². The number of sulfonamides is 1. The van der Waals surface area contributed by atoms with Crippen molar-refractivity contribution in [2.24, 2.45) is 0 Å². The van der Waals surface area contributed by atoms with Crippen molar-refractivity contribution in [3.63, 3.8) is 0 Å². The van der Waals surface area contributed by atoms with E-state index in [1.54, 1.807) is 6.92 Å². The van der Waals surface area contributed by atoms with E-state index in [2.05, 4.69) is 10.0 Å². The Morgan fingerprint density at radius 3 is 2.30 bits per heavy atom. The van der Waals surface area contributed by atoms with E-state index < -0.39 is 21.9 Å². The van der Waals surface area contributed by atoms with E-state index in [-0.39, 0.29) is 17.9 Å². The van der Waals surface area contributed by atoms with E-state index in [4.69, 9.17) is 5.11 Å². The maximum Gasteiger partial charge on any atom is 0.307 e. The van der Waals surface area contributed by atoms with Crippen LogP contribution in [0.25, 0.3) is 0 Å². The fourth-order valence-corrected chi connectivity index (χ4v) is 2.45. The highest BCUT2D eigenvalue weighted by Gasteiger charge is 2.15. The highest BCUT2D eigenvalue weighted by Crippen LogP contribution is 2.10. The topological polar surface area (TPSA) is 113 Å². The SMILES string of the molecule is CCNC(=O)CNS(=O)(=O)c1ccc(CC(=O)O)cc1. The first kappa shape index (κ1) is 16.1. The lowest BCUT2D eigenvalue weighted by molar-refractivity contribution is -0.136. The number of aliphatic carboxylic acids is 1. The molecule has 1 aromatic carbocycles. The van der Waals surface area contributed by atoms with Crippen LogP contribution >= 0.6 is 0 Å². The van der Waals surface area contributed by atoms with Gasteiger partial charge in [-0.05, 0) is 24.6 Å². The number of likely N-dealkylation sites (N-methyl/N-ethyl adjacent to an activating group) is 1. The fourth-order valence-electron chi connectivity index (χ4n) is 1.46. The Morgan fingerprint density at radius 1 is 1.20 bits per heavy atom. The first-order chi connectivity index (χ1) is 9.35. The third-order valence-corrected chi connectivity index (χ3v) is 3.80. The van der Waals surface area contributed by atoms with Gasteiger partial charge in [0.1, 0.15) is 0 Å². The molecule has 20 heavy (non-hydrogen) atoms. The minimum absolute atomic E-state index is 0.0177. The Kier molecular flexibility index (Phi) is 5.66. The average molecular weight is 300 g/mol. The Bertz CT molecular complexity index is 580. The van der Waals surface area contributed by atoms with Crippen LogP contribution < -0.4 is 10.0 Å². The van der Waals surface area contributed by atoms with Crippen molar-refractivity contribution >= 4 is 21.9 Å². The Hall–Kier alpha value is -1.93. The lowest BCUT2D eigenvalue weighted by Crippen LogP contribution is -2.36. The van der Waals surface area contributed by atoms with Crippen molar-refractivity contribution in [2.45, 2.75) is 18.2 Å². The van der Waals surface area contributed by atoms with E-state index in [0.29, 0.717) is 12.1 Å². The van der Waals surface area contributed by atoms with E-state index >= 15 is 0 Å². The molecular formula is C12H16N2O5S. The smallest absolute Gasteiger partial charge is 0.307 e. The summed E-state index contributed by atoms with van der Waals surface area (Å²) in [4.78, 5) is 21.7. The number of carbonyl (C=O) groups excluding carboxylic acids is 1. The molecule has 0 aliphatic heterocycles. The Balaban J connectivity index is 2.72. The number of benzene rings is 1. The minimum atomic E-state index is -3.78. The van der Waals surface area contributed by atoms with Gasteiger partial charge in [0.25, 0.3) is 0 Å². The third-order valence-electron chi connectivity index (χ3n) is 2.39. The van der Waals surface area contributed by atoms with Gasteiger partial charge in [-0.1, -0.05) is 12.1 Å². The van der Waals surface area contributed by atoms with Crippen molar-refractivity contribution in [3.05, 3.63) is 29.8 Å². The van der Waals surface area contributed by atoms with Gasteiger partial charge >= 0.3 is 5.97 Å². The van der Waals surface area contributed by atoms with E-state index in [0.717, 1.165) is 0 Å². The molecule has 0 aromatic heterocycles. The molecule has 0 bridgehead atoms. The molecule has 8 heteroatoms. The van der Waals surface area contributed by atoms with Crippen molar-refractivity contribution in [3.8, 4) is 0 Å². The Morgan fingerprint density at radius 2 is 1.80 bits per heavy atom. The largest absolute Gasteiger partial charge is 0.481 e. The summed E-state index contributed by atoms with van der Waals surface area (Å²) in [5, 5.41) is 11.1. The molecule has 0 aliphatic carbocycles. The van der Waals surface area contributed by atoms with Crippen LogP contribution in [0.2, 0.25) is 0 Å². The third kappa shape index (κ3) is 4.98. The van der Waals surface area contributed by atoms with Crippen LogP contribution in [0.15, 0.2) is 29.2 Å². The second-order valence-corrected chi connectivity index (χ2v) is 5.76. The van der Waals surface area contributed by atoms with Gasteiger partial charge < -0.3 is 10.4 Å². The van der Waals surface area contributed by atoms with Gasteiger partial charge in [-0.25, -0.2) is 13.1 Å². The highest BCUT2D eigenvalue weighted by atomic mass is 32.2. The second-order valence-electron chi connectivity index (χ2n) is 3.99. The van der Waals surface area contributed by atoms with E-state index in [1.807, 2.05) is 0 Å². The molecule has 7 nitrogen and oxygen atoms in total. The maximum atomic E-state index is 11.9. The molecule has 0 unspecified atom stereocenters. The molecule has 1 aromatic rings. The number of hydrogen-bond acceptors (Lipinski definition) is 4. The van der Waals surface area contributed by atoms with Gasteiger partial charge in [0.2, 0.25) is 15.9 Å². The number of nitrogens with one attached hydrogen (secondary N) is 2. The summed E-state index contributed by atoms with van der Waals surface area (Å²) < 4.78 is 25.9. The van der Waals surface area contributed by atoms with Gasteiger partial charge in [-0.2, -0.15) is 0 Å². The molecule has 0 saturated carbocycles. The fraction of sp³-hybridized carbons (Fsp3) is 0.333. The van der Waals surface area contributed by atoms with Crippen LogP contribution in [0.4, 0.5) is 0 Å². The van der Waals surface area contributed by atoms with Gasteiger partial charge in [0, 0.05) is 6.54 Å². The minimum Gasteiger partial charge on any atom is -0.481 e. The van der Waals surface area contributed by atoms with E-state index in [1.165, 1.54) is 24.3 Å². The number of carboxylic acids is 1. The molecular weight excluding hydrogens is 284 g/mol. The maximum absolute atomic E-state index is 11.9. The monoisotopic (exact) mass is 300 g/mol. The van der Waals surface area contributed by atoms with Crippen molar-refractivity contribution in [1.29, 1.82) is 0 Å². The summed E-state index contributed by atoms with van der Waals surface area (Å²) >= 11 is 0. The summed E-state index contributed by atoms with van der Waals surface area (Å²) in [5.41, 5.74) is 0.500. The zero-order valence-electron chi connectivity index (χ0n) is 10.9. The molecule has 0 fully saturated rings. The number of carbonyl (C=O) groups is 2. The molecule has 110 valence electrons.